The van der Waals surface area contributed by atoms with Crippen molar-refractivity contribution < 1.29 is 8.81 Å². The zero-order chi connectivity index (χ0) is 14.7. The number of nitrogens with one attached hydrogen (secondary N) is 1. The molecule has 0 aliphatic carbocycles. The number of aromatic nitrogens is 2. The van der Waals surface area contributed by atoms with Crippen molar-refractivity contribution in [1.29, 1.82) is 0 Å². The molecule has 2 aromatic heterocycles. The molecular weight excluding hydrogens is 273 g/mol. The van der Waals surface area contributed by atoms with Gasteiger partial charge in [0.1, 0.15) is 12.1 Å². The highest BCUT2D eigenvalue weighted by molar-refractivity contribution is 5.50. The van der Waals surface area contributed by atoms with E-state index in [2.05, 4.69) is 10.3 Å². The fraction of sp³-hybridized carbons (Fsp3) is 0.0667. The van der Waals surface area contributed by atoms with Gasteiger partial charge < -0.3 is 9.73 Å². The Morgan fingerprint density at radius 3 is 2.90 bits per heavy atom. The molecule has 1 N–H and O–H groups in total. The first-order valence-corrected chi connectivity index (χ1v) is 6.32. The van der Waals surface area contributed by atoms with E-state index in [0.717, 1.165) is 0 Å². The Kier molecular flexibility index (Phi) is 3.51. The molecule has 0 aliphatic heterocycles. The first-order valence-electron chi connectivity index (χ1n) is 6.32. The van der Waals surface area contributed by atoms with Gasteiger partial charge in [0.05, 0.1) is 23.6 Å². The number of pyridine rings is 1. The Balaban J connectivity index is 1.83. The van der Waals surface area contributed by atoms with Crippen molar-refractivity contribution in [3.8, 4) is 5.69 Å². The maximum Gasteiger partial charge on any atom is 0.255 e. The first-order chi connectivity index (χ1) is 10.2. The molecule has 106 valence electrons. The third kappa shape index (κ3) is 2.84. The predicted molar refractivity (Wildman–Crippen MR) is 75.8 cm³/mol. The van der Waals surface area contributed by atoms with Crippen LogP contribution >= 0.6 is 0 Å². The van der Waals surface area contributed by atoms with Gasteiger partial charge in [-0.15, -0.1) is 0 Å². The van der Waals surface area contributed by atoms with E-state index in [4.69, 9.17) is 4.42 Å². The molecule has 0 amide bonds. The number of benzene rings is 1. The van der Waals surface area contributed by atoms with Crippen LogP contribution in [0.4, 0.5) is 10.1 Å². The molecule has 0 atom stereocenters. The topological polar surface area (TPSA) is 60.1 Å². The van der Waals surface area contributed by atoms with Crippen LogP contribution in [0.5, 0.6) is 0 Å². The average Bonchev–Trinajstić information content (AvgIpc) is 3.00. The van der Waals surface area contributed by atoms with E-state index in [9.17, 15) is 9.18 Å². The lowest BCUT2D eigenvalue weighted by Gasteiger charge is -2.09. The van der Waals surface area contributed by atoms with Gasteiger partial charge in [0, 0.05) is 18.3 Å². The van der Waals surface area contributed by atoms with E-state index >= 15 is 0 Å². The molecule has 6 heteroatoms. The van der Waals surface area contributed by atoms with Crippen molar-refractivity contribution in [3.05, 3.63) is 77.1 Å². The SMILES string of the molecule is O=c1ccccn1-c1ccc(NCc2cocn2)c(F)c1. The Morgan fingerprint density at radius 2 is 2.19 bits per heavy atom. The van der Waals surface area contributed by atoms with Gasteiger partial charge in [0.25, 0.3) is 5.56 Å². The van der Waals surface area contributed by atoms with Crippen LogP contribution in [0.2, 0.25) is 0 Å². The van der Waals surface area contributed by atoms with Crippen LogP contribution in [0, 0.1) is 5.82 Å². The van der Waals surface area contributed by atoms with Gasteiger partial charge in [-0.2, -0.15) is 0 Å². The van der Waals surface area contributed by atoms with Gasteiger partial charge in [-0.05, 0) is 18.2 Å². The normalized spacial score (nSPS) is 10.5. The summed E-state index contributed by atoms with van der Waals surface area (Å²) < 4.78 is 20.3. The van der Waals surface area contributed by atoms with Gasteiger partial charge in [-0.25, -0.2) is 9.37 Å². The molecule has 3 rings (SSSR count). The highest BCUT2D eigenvalue weighted by Crippen LogP contribution is 2.18. The molecule has 0 saturated heterocycles. The third-order valence-corrected chi connectivity index (χ3v) is 3.00. The molecule has 0 spiro atoms. The maximum absolute atomic E-state index is 14.1. The monoisotopic (exact) mass is 285 g/mol. The number of hydrogen-bond acceptors (Lipinski definition) is 4. The van der Waals surface area contributed by atoms with Crippen LogP contribution in [0.1, 0.15) is 5.69 Å². The van der Waals surface area contributed by atoms with Crippen LogP contribution < -0.4 is 10.9 Å². The van der Waals surface area contributed by atoms with E-state index in [0.29, 0.717) is 23.6 Å². The summed E-state index contributed by atoms with van der Waals surface area (Å²) in [7, 11) is 0. The summed E-state index contributed by atoms with van der Waals surface area (Å²) in [6, 6.07) is 9.36. The summed E-state index contributed by atoms with van der Waals surface area (Å²) in [5, 5.41) is 2.92. The second-order valence-electron chi connectivity index (χ2n) is 4.41. The molecule has 2 heterocycles. The number of rotatable bonds is 4. The molecule has 0 saturated carbocycles. The van der Waals surface area contributed by atoms with Gasteiger partial charge in [0.2, 0.25) is 0 Å². The summed E-state index contributed by atoms with van der Waals surface area (Å²) >= 11 is 0. The standard InChI is InChI=1S/C15H12FN3O2/c16-13-7-12(19-6-2-1-3-15(19)20)4-5-14(13)17-8-11-9-21-10-18-11/h1-7,9-10,17H,8H2. The largest absolute Gasteiger partial charge is 0.451 e. The second kappa shape index (κ2) is 5.62. The fourth-order valence-corrected chi connectivity index (χ4v) is 1.95. The minimum absolute atomic E-state index is 0.208. The molecule has 1 aromatic carbocycles. The van der Waals surface area contributed by atoms with E-state index in [1.54, 1.807) is 30.5 Å². The lowest BCUT2D eigenvalue weighted by molar-refractivity contribution is 0.556. The Labute approximate surface area is 119 Å². The van der Waals surface area contributed by atoms with E-state index in [1.165, 1.54) is 29.4 Å². The summed E-state index contributed by atoms with van der Waals surface area (Å²) in [5.74, 6) is -0.438. The summed E-state index contributed by atoms with van der Waals surface area (Å²) in [5.41, 5.74) is 1.29. The van der Waals surface area contributed by atoms with Crippen LogP contribution in [-0.4, -0.2) is 9.55 Å². The molecule has 5 nitrogen and oxygen atoms in total. The van der Waals surface area contributed by atoms with Crippen LogP contribution in [-0.2, 0) is 6.54 Å². The van der Waals surface area contributed by atoms with Crippen molar-refractivity contribution in [2.75, 3.05) is 5.32 Å². The zero-order valence-corrected chi connectivity index (χ0v) is 11.0. The van der Waals surface area contributed by atoms with Crippen LogP contribution in [0.15, 0.2) is 64.5 Å². The molecular formula is C15H12FN3O2. The Morgan fingerprint density at radius 1 is 1.29 bits per heavy atom. The van der Waals surface area contributed by atoms with E-state index in [-0.39, 0.29) is 5.56 Å². The minimum Gasteiger partial charge on any atom is -0.451 e. The van der Waals surface area contributed by atoms with Gasteiger partial charge in [-0.3, -0.25) is 9.36 Å². The zero-order valence-electron chi connectivity index (χ0n) is 11.0. The lowest BCUT2D eigenvalue weighted by atomic mass is 10.2. The highest BCUT2D eigenvalue weighted by atomic mass is 19.1. The van der Waals surface area contributed by atoms with Crippen molar-refractivity contribution in [2.24, 2.45) is 0 Å². The number of halogens is 1. The number of nitrogens with zero attached hydrogens (tertiary/aromatic N) is 2. The maximum atomic E-state index is 14.1. The van der Waals surface area contributed by atoms with E-state index in [1.807, 2.05) is 0 Å². The Bertz CT molecular complexity index is 797. The van der Waals surface area contributed by atoms with Crippen LogP contribution in [0.25, 0.3) is 5.69 Å². The van der Waals surface area contributed by atoms with Crippen molar-refractivity contribution in [1.82, 2.24) is 9.55 Å². The molecule has 0 aliphatic rings. The summed E-state index contributed by atoms with van der Waals surface area (Å²) in [4.78, 5) is 15.6. The fourth-order valence-electron chi connectivity index (χ4n) is 1.95. The number of oxazole rings is 1. The average molecular weight is 285 g/mol. The minimum atomic E-state index is -0.438. The van der Waals surface area contributed by atoms with Gasteiger partial charge in [-0.1, -0.05) is 6.07 Å². The van der Waals surface area contributed by atoms with Crippen molar-refractivity contribution in [2.45, 2.75) is 6.54 Å². The smallest absolute Gasteiger partial charge is 0.255 e. The lowest BCUT2D eigenvalue weighted by Crippen LogP contribution is -2.15. The highest BCUT2D eigenvalue weighted by Gasteiger charge is 2.06. The third-order valence-electron chi connectivity index (χ3n) is 3.00. The number of hydrogen-bond donors (Lipinski definition) is 1. The second-order valence-corrected chi connectivity index (χ2v) is 4.41. The quantitative estimate of drug-likeness (QED) is 0.800. The van der Waals surface area contributed by atoms with E-state index < -0.39 is 5.82 Å². The first kappa shape index (κ1) is 13.1. The summed E-state index contributed by atoms with van der Waals surface area (Å²) in [6.07, 6.45) is 4.40. The van der Waals surface area contributed by atoms with Crippen molar-refractivity contribution in [3.63, 3.8) is 0 Å². The molecule has 0 fully saturated rings. The predicted octanol–water partition coefficient (Wildman–Crippen LogP) is 2.58. The molecule has 3 aromatic rings. The number of anilines is 1. The van der Waals surface area contributed by atoms with Gasteiger partial charge in [0.15, 0.2) is 6.39 Å². The van der Waals surface area contributed by atoms with Crippen LogP contribution in [0.3, 0.4) is 0 Å². The molecule has 0 radical (unpaired) electrons. The molecule has 21 heavy (non-hydrogen) atoms. The molecule has 0 unspecified atom stereocenters. The summed E-state index contributed by atoms with van der Waals surface area (Å²) in [6.45, 7) is 0.359. The van der Waals surface area contributed by atoms with Gasteiger partial charge >= 0.3 is 0 Å². The Hall–Kier alpha value is -2.89. The molecule has 0 bridgehead atoms. The van der Waals surface area contributed by atoms with Crippen molar-refractivity contribution >= 4 is 5.69 Å².